The summed E-state index contributed by atoms with van der Waals surface area (Å²) in [6, 6.07) is 6.57. The molecular formula is C16H12F3N5O2. The minimum Gasteiger partial charge on any atom is -0.491 e. The summed E-state index contributed by atoms with van der Waals surface area (Å²) in [5, 5.41) is 8.03. The van der Waals surface area contributed by atoms with Crippen molar-refractivity contribution in [2.24, 2.45) is 0 Å². The molecule has 0 saturated heterocycles. The molecule has 26 heavy (non-hydrogen) atoms. The van der Waals surface area contributed by atoms with Gasteiger partial charge in [-0.05, 0) is 24.3 Å². The van der Waals surface area contributed by atoms with Gasteiger partial charge in [0.15, 0.2) is 5.82 Å². The molecule has 0 spiro atoms. The van der Waals surface area contributed by atoms with Crippen molar-refractivity contribution in [2.45, 2.75) is 19.1 Å². The predicted molar refractivity (Wildman–Crippen MR) is 83.2 cm³/mol. The number of hydrogen-bond acceptors (Lipinski definition) is 5. The Balaban J connectivity index is 1.80. The molecule has 0 radical (unpaired) electrons. The number of carbonyl (C=O) groups excluding carboxylic acids is 1. The maximum absolute atomic E-state index is 12.7. The van der Waals surface area contributed by atoms with Gasteiger partial charge in [0.2, 0.25) is 0 Å². The van der Waals surface area contributed by atoms with Crippen molar-refractivity contribution in [3.63, 3.8) is 0 Å². The third kappa shape index (κ3) is 2.93. The van der Waals surface area contributed by atoms with Gasteiger partial charge in [0.25, 0.3) is 0 Å². The molecule has 7 nitrogen and oxygen atoms in total. The van der Waals surface area contributed by atoms with Crippen molar-refractivity contribution in [2.75, 3.05) is 6.61 Å². The zero-order valence-corrected chi connectivity index (χ0v) is 13.3. The second kappa shape index (κ2) is 5.97. The van der Waals surface area contributed by atoms with E-state index in [1.807, 2.05) is 0 Å². The van der Waals surface area contributed by atoms with Crippen LogP contribution in [0, 0.1) is 0 Å². The summed E-state index contributed by atoms with van der Waals surface area (Å²) in [7, 11) is 0. The first kappa shape index (κ1) is 16.3. The second-order valence-corrected chi connectivity index (χ2v) is 5.73. The molecule has 0 amide bonds. The lowest BCUT2D eigenvalue weighted by Gasteiger charge is -2.09. The van der Waals surface area contributed by atoms with E-state index in [-0.39, 0.29) is 11.5 Å². The Morgan fingerprint density at radius 3 is 2.88 bits per heavy atom. The van der Waals surface area contributed by atoms with E-state index in [2.05, 4.69) is 15.2 Å². The molecule has 1 aliphatic rings. The van der Waals surface area contributed by atoms with E-state index in [1.165, 1.54) is 0 Å². The number of aldehydes is 1. The van der Waals surface area contributed by atoms with Crippen molar-refractivity contribution in [1.82, 2.24) is 24.5 Å². The van der Waals surface area contributed by atoms with E-state index in [9.17, 15) is 18.0 Å². The molecule has 3 aromatic rings. The van der Waals surface area contributed by atoms with Crippen molar-refractivity contribution in [1.29, 1.82) is 0 Å². The lowest BCUT2D eigenvalue weighted by atomic mass is 10.2. The topological polar surface area (TPSA) is 74.8 Å². The molecular weight excluding hydrogens is 351 g/mol. The van der Waals surface area contributed by atoms with E-state index >= 15 is 0 Å². The number of aromatic nitrogens is 5. The molecule has 1 aliphatic heterocycles. The lowest BCUT2D eigenvalue weighted by Crippen LogP contribution is -2.19. The van der Waals surface area contributed by atoms with Crippen LogP contribution in [0.3, 0.4) is 0 Å². The van der Waals surface area contributed by atoms with Gasteiger partial charge < -0.3 is 4.74 Å². The van der Waals surface area contributed by atoms with E-state index < -0.39 is 12.7 Å². The van der Waals surface area contributed by atoms with Crippen LogP contribution in [0.2, 0.25) is 0 Å². The van der Waals surface area contributed by atoms with Gasteiger partial charge in [-0.25, -0.2) is 14.3 Å². The Kier molecular flexibility index (Phi) is 3.74. The zero-order chi connectivity index (χ0) is 18.3. The van der Waals surface area contributed by atoms with Gasteiger partial charge >= 0.3 is 6.18 Å². The van der Waals surface area contributed by atoms with Crippen LogP contribution in [0.5, 0.6) is 5.75 Å². The number of halogens is 3. The van der Waals surface area contributed by atoms with Crippen LogP contribution >= 0.6 is 0 Å². The number of alkyl halides is 3. The molecule has 0 bridgehead atoms. The van der Waals surface area contributed by atoms with Gasteiger partial charge in [-0.3, -0.25) is 4.79 Å². The molecule has 10 heteroatoms. The SMILES string of the molecule is O=Cc1ccc2c(c1)-n1nc(-c3ncnn3CC(F)(F)F)cc1CCO2. The van der Waals surface area contributed by atoms with Gasteiger partial charge in [-0.15, -0.1) is 0 Å². The van der Waals surface area contributed by atoms with Crippen molar-refractivity contribution in [3.05, 3.63) is 41.9 Å². The zero-order valence-electron chi connectivity index (χ0n) is 13.3. The van der Waals surface area contributed by atoms with E-state index in [1.54, 1.807) is 28.9 Å². The minimum absolute atomic E-state index is 0.0249. The maximum atomic E-state index is 12.7. The fraction of sp³-hybridized carbons (Fsp3) is 0.250. The molecule has 4 rings (SSSR count). The van der Waals surface area contributed by atoms with Gasteiger partial charge in [0.1, 0.15) is 36.3 Å². The summed E-state index contributed by atoms with van der Waals surface area (Å²) in [5.41, 5.74) is 2.00. The molecule has 1 aromatic carbocycles. The first-order valence-electron chi connectivity index (χ1n) is 7.71. The predicted octanol–water partition coefficient (Wildman–Crippen LogP) is 2.44. The van der Waals surface area contributed by atoms with E-state index in [0.717, 1.165) is 16.7 Å². The Morgan fingerprint density at radius 1 is 1.27 bits per heavy atom. The summed E-state index contributed by atoms with van der Waals surface area (Å²) >= 11 is 0. The normalized spacial score (nSPS) is 13.5. The highest BCUT2D eigenvalue weighted by atomic mass is 19.4. The van der Waals surface area contributed by atoms with Crippen LogP contribution in [0.25, 0.3) is 17.2 Å². The average Bonchev–Trinajstić information content (AvgIpc) is 3.17. The van der Waals surface area contributed by atoms with Crippen LogP contribution < -0.4 is 4.74 Å². The number of ether oxygens (including phenoxy) is 1. The van der Waals surface area contributed by atoms with Crippen LogP contribution in [0.1, 0.15) is 16.1 Å². The largest absolute Gasteiger partial charge is 0.491 e. The van der Waals surface area contributed by atoms with E-state index in [0.29, 0.717) is 36.3 Å². The minimum atomic E-state index is -4.42. The average molecular weight is 363 g/mol. The number of nitrogens with zero attached hydrogens (tertiary/aromatic N) is 5. The standard InChI is InChI=1S/C16H12F3N5O2/c17-16(18,19)8-23-15(20-9-21-23)12-6-11-3-4-26-14-2-1-10(7-25)5-13(14)24(11)22-12/h1-2,5-7,9H,3-4,8H2. The molecule has 0 fully saturated rings. The van der Waals surface area contributed by atoms with Gasteiger partial charge in [0.05, 0.1) is 6.61 Å². The van der Waals surface area contributed by atoms with Crippen LogP contribution in [0.15, 0.2) is 30.6 Å². The third-order valence-electron chi connectivity index (χ3n) is 3.92. The Hall–Kier alpha value is -3.17. The molecule has 0 N–H and O–H groups in total. The van der Waals surface area contributed by atoms with Crippen LogP contribution in [-0.4, -0.2) is 43.6 Å². The Morgan fingerprint density at radius 2 is 2.12 bits per heavy atom. The Bertz CT molecular complexity index is 977. The molecule has 3 heterocycles. The van der Waals surface area contributed by atoms with Crippen LogP contribution in [0.4, 0.5) is 13.2 Å². The molecule has 0 atom stereocenters. The third-order valence-corrected chi connectivity index (χ3v) is 3.92. The van der Waals surface area contributed by atoms with Crippen molar-refractivity contribution >= 4 is 6.29 Å². The number of fused-ring (bicyclic) bond motifs is 3. The molecule has 134 valence electrons. The monoisotopic (exact) mass is 363 g/mol. The highest BCUT2D eigenvalue weighted by molar-refractivity contribution is 5.77. The molecule has 2 aromatic heterocycles. The van der Waals surface area contributed by atoms with Crippen molar-refractivity contribution < 1.29 is 22.7 Å². The number of benzene rings is 1. The number of rotatable bonds is 3. The first-order chi connectivity index (χ1) is 12.4. The van der Waals surface area contributed by atoms with E-state index in [4.69, 9.17) is 4.74 Å². The highest BCUT2D eigenvalue weighted by Crippen LogP contribution is 2.30. The maximum Gasteiger partial charge on any atom is 0.408 e. The van der Waals surface area contributed by atoms with Gasteiger partial charge in [-0.2, -0.15) is 23.4 Å². The van der Waals surface area contributed by atoms with Gasteiger partial charge in [-0.1, -0.05) is 0 Å². The summed E-state index contributed by atoms with van der Waals surface area (Å²) in [4.78, 5) is 15.0. The summed E-state index contributed by atoms with van der Waals surface area (Å²) in [5.74, 6) is 0.567. The molecule has 0 unspecified atom stereocenters. The molecule has 0 saturated carbocycles. The van der Waals surface area contributed by atoms with Crippen LogP contribution in [-0.2, 0) is 13.0 Å². The number of hydrogen-bond donors (Lipinski definition) is 0. The molecule has 0 aliphatic carbocycles. The summed E-state index contributed by atoms with van der Waals surface area (Å²) < 4.78 is 46.1. The Labute approximate surface area is 145 Å². The van der Waals surface area contributed by atoms with Crippen molar-refractivity contribution in [3.8, 4) is 23.0 Å². The highest BCUT2D eigenvalue weighted by Gasteiger charge is 2.31. The second-order valence-electron chi connectivity index (χ2n) is 5.73. The fourth-order valence-electron chi connectivity index (χ4n) is 2.82. The van der Waals surface area contributed by atoms with Gasteiger partial charge in [0, 0.05) is 17.7 Å². The quantitative estimate of drug-likeness (QED) is 0.668. The fourth-order valence-corrected chi connectivity index (χ4v) is 2.82. The smallest absolute Gasteiger partial charge is 0.408 e. The summed E-state index contributed by atoms with van der Waals surface area (Å²) in [6.07, 6.45) is -2.15. The first-order valence-corrected chi connectivity index (χ1v) is 7.71. The number of carbonyl (C=O) groups is 1. The lowest BCUT2D eigenvalue weighted by molar-refractivity contribution is -0.142. The summed E-state index contributed by atoms with van der Waals surface area (Å²) in [6.45, 7) is -0.868.